The molecule has 0 radical (unpaired) electrons. The fourth-order valence-corrected chi connectivity index (χ4v) is 3.14. The van der Waals surface area contributed by atoms with Gasteiger partial charge < -0.3 is 14.2 Å². The second kappa shape index (κ2) is 5.68. The molecule has 3 aromatic rings. The molecule has 0 spiro atoms. The van der Waals surface area contributed by atoms with Crippen LogP contribution in [0.25, 0.3) is 5.65 Å². The lowest BCUT2D eigenvalue weighted by atomic mass is 10.2. The predicted molar refractivity (Wildman–Crippen MR) is 83.2 cm³/mol. The SMILES string of the molecule is COCc1nnc2n1[C@@H](C)CN(C(=O)c1cnn3cccnc13)C2. The lowest BCUT2D eigenvalue weighted by Crippen LogP contribution is -2.40. The van der Waals surface area contributed by atoms with E-state index in [-0.39, 0.29) is 11.9 Å². The topological polar surface area (TPSA) is 90.4 Å². The van der Waals surface area contributed by atoms with Gasteiger partial charge >= 0.3 is 0 Å². The van der Waals surface area contributed by atoms with Crippen molar-refractivity contribution >= 4 is 11.6 Å². The number of aromatic nitrogens is 6. The van der Waals surface area contributed by atoms with Crippen molar-refractivity contribution in [2.45, 2.75) is 26.1 Å². The lowest BCUT2D eigenvalue weighted by Gasteiger charge is -2.32. The van der Waals surface area contributed by atoms with Crippen molar-refractivity contribution in [2.75, 3.05) is 13.7 Å². The number of hydrogen-bond acceptors (Lipinski definition) is 6. The maximum absolute atomic E-state index is 12.9. The van der Waals surface area contributed by atoms with Gasteiger partial charge in [0.1, 0.15) is 12.2 Å². The summed E-state index contributed by atoms with van der Waals surface area (Å²) in [6.07, 6.45) is 4.98. The van der Waals surface area contributed by atoms with Gasteiger partial charge in [0.2, 0.25) is 0 Å². The van der Waals surface area contributed by atoms with Crippen LogP contribution in [0.2, 0.25) is 0 Å². The first-order valence-corrected chi connectivity index (χ1v) is 7.68. The number of fused-ring (bicyclic) bond motifs is 2. The summed E-state index contributed by atoms with van der Waals surface area (Å²) < 4.78 is 8.80. The van der Waals surface area contributed by atoms with Crippen molar-refractivity contribution in [3.8, 4) is 0 Å². The first-order valence-electron chi connectivity index (χ1n) is 7.68. The van der Waals surface area contributed by atoms with Gasteiger partial charge in [0.05, 0.1) is 18.8 Å². The fourth-order valence-electron chi connectivity index (χ4n) is 3.14. The van der Waals surface area contributed by atoms with E-state index in [0.717, 1.165) is 11.6 Å². The number of hydrogen-bond donors (Lipinski definition) is 0. The first-order chi connectivity index (χ1) is 11.7. The Balaban J connectivity index is 1.65. The van der Waals surface area contributed by atoms with Gasteiger partial charge in [-0.05, 0) is 13.0 Å². The summed E-state index contributed by atoms with van der Waals surface area (Å²) >= 11 is 0. The number of nitrogens with zero attached hydrogens (tertiary/aromatic N) is 7. The summed E-state index contributed by atoms with van der Waals surface area (Å²) in [5, 5.41) is 12.6. The molecule has 1 amide bonds. The molecule has 0 aromatic carbocycles. The Morgan fingerprint density at radius 2 is 2.29 bits per heavy atom. The molecule has 1 atom stereocenters. The van der Waals surface area contributed by atoms with Gasteiger partial charge in [-0.1, -0.05) is 0 Å². The zero-order chi connectivity index (χ0) is 16.7. The lowest BCUT2D eigenvalue weighted by molar-refractivity contribution is 0.0676. The number of rotatable bonds is 3. The van der Waals surface area contributed by atoms with Gasteiger partial charge in [-0.25, -0.2) is 9.50 Å². The highest BCUT2D eigenvalue weighted by atomic mass is 16.5. The zero-order valence-corrected chi connectivity index (χ0v) is 13.5. The van der Waals surface area contributed by atoms with Gasteiger partial charge in [-0.3, -0.25) is 4.79 Å². The Kier molecular flexibility index (Phi) is 3.49. The summed E-state index contributed by atoms with van der Waals surface area (Å²) in [5.74, 6) is 1.45. The molecule has 4 heterocycles. The average molecular weight is 327 g/mol. The molecule has 0 N–H and O–H groups in total. The summed E-state index contributed by atoms with van der Waals surface area (Å²) in [4.78, 5) is 18.9. The smallest absolute Gasteiger partial charge is 0.259 e. The molecule has 9 heteroatoms. The van der Waals surface area contributed by atoms with Gasteiger partial charge in [0.15, 0.2) is 17.3 Å². The molecule has 0 aliphatic carbocycles. The third-order valence-electron chi connectivity index (χ3n) is 4.17. The molecule has 1 aliphatic rings. The monoisotopic (exact) mass is 327 g/mol. The number of ether oxygens (including phenoxy) is 1. The van der Waals surface area contributed by atoms with Crippen molar-refractivity contribution < 1.29 is 9.53 Å². The standard InChI is InChI=1S/C15H17N7O2/c1-10-7-20(8-12-18-19-13(9-24-2)22(10)12)15(23)11-6-17-21-5-3-4-16-14(11)21/h3-6,10H,7-9H2,1-2H3/t10-/m0/s1. The second-order valence-corrected chi connectivity index (χ2v) is 5.82. The molecular formula is C15H17N7O2. The average Bonchev–Trinajstić information content (AvgIpc) is 3.19. The Labute approximate surface area is 137 Å². The predicted octanol–water partition coefficient (Wildman–Crippen LogP) is 0.684. The number of carbonyl (C=O) groups is 1. The number of methoxy groups -OCH3 is 1. The van der Waals surface area contributed by atoms with E-state index in [4.69, 9.17) is 4.74 Å². The Morgan fingerprint density at radius 1 is 1.42 bits per heavy atom. The summed E-state index contributed by atoms with van der Waals surface area (Å²) in [7, 11) is 1.63. The maximum atomic E-state index is 12.9. The number of amides is 1. The molecule has 3 aromatic heterocycles. The van der Waals surface area contributed by atoms with Crippen LogP contribution in [0.15, 0.2) is 24.7 Å². The minimum Gasteiger partial charge on any atom is -0.377 e. The second-order valence-electron chi connectivity index (χ2n) is 5.82. The van der Waals surface area contributed by atoms with Gasteiger partial charge in [0.25, 0.3) is 5.91 Å². The van der Waals surface area contributed by atoms with Crippen LogP contribution >= 0.6 is 0 Å². The summed E-state index contributed by atoms with van der Waals surface area (Å²) in [6, 6.07) is 1.85. The summed E-state index contributed by atoms with van der Waals surface area (Å²) in [6.45, 7) is 3.43. The summed E-state index contributed by atoms with van der Waals surface area (Å²) in [5.41, 5.74) is 1.05. The van der Waals surface area contributed by atoms with E-state index in [1.165, 1.54) is 0 Å². The largest absolute Gasteiger partial charge is 0.377 e. The minimum atomic E-state index is -0.0990. The number of carbonyl (C=O) groups excluding carboxylic acids is 1. The van der Waals surface area contributed by atoms with Crippen molar-refractivity contribution in [3.63, 3.8) is 0 Å². The fraction of sp³-hybridized carbons (Fsp3) is 0.400. The molecule has 4 rings (SSSR count). The Hall–Kier alpha value is -2.81. The van der Waals surface area contributed by atoms with Crippen LogP contribution in [-0.4, -0.2) is 53.8 Å². The van der Waals surface area contributed by atoms with E-state index >= 15 is 0 Å². The van der Waals surface area contributed by atoms with Crippen LogP contribution in [0.5, 0.6) is 0 Å². The molecular weight excluding hydrogens is 310 g/mol. The molecule has 24 heavy (non-hydrogen) atoms. The van der Waals surface area contributed by atoms with E-state index < -0.39 is 0 Å². The van der Waals surface area contributed by atoms with Crippen LogP contribution in [0.1, 0.15) is 35.0 Å². The maximum Gasteiger partial charge on any atom is 0.259 e. The molecule has 1 aliphatic heterocycles. The molecule has 0 bridgehead atoms. The van der Waals surface area contributed by atoms with Gasteiger partial charge in [-0.2, -0.15) is 5.10 Å². The molecule has 0 saturated heterocycles. The van der Waals surface area contributed by atoms with Crippen LogP contribution in [0.4, 0.5) is 0 Å². The van der Waals surface area contributed by atoms with E-state index in [0.29, 0.717) is 30.9 Å². The highest BCUT2D eigenvalue weighted by Gasteiger charge is 2.30. The van der Waals surface area contributed by atoms with E-state index in [1.54, 1.807) is 41.2 Å². The normalized spacial score (nSPS) is 17.2. The third kappa shape index (κ3) is 2.24. The Morgan fingerprint density at radius 3 is 3.12 bits per heavy atom. The molecule has 0 saturated carbocycles. The Bertz CT molecular complexity index is 900. The molecule has 0 unspecified atom stereocenters. The van der Waals surface area contributed by atoms with Gasteiger partial charge in [-0.15, -0.1) is 10.2 Å². The van der Waals surface area contributed by atoms with Crippen LogP contribution in [-0.2, 0) is 17.9 Å². The first kappa shape index (κ1) is 14.8. The van der Waals surface area contributed by atoms with E-state index in [2.05, 4.69) is 20.3 Å². The van der Waals surface area contributed by atoms with Crippen molar-refractivity contribution in [1.29, 1.82) is 0 Å². The van der Waals surface area contributed by atoms with Crippen LogP contribution in [0, 0.1) is 0 Å². The molecule has 9 nitrogen and oxygen atoms in total. The van der Waals surface area contributed by atoms with Gasteiger partial charge in [0, 0.05) is 26.0 Å². The minimum absolute atomic E-state index is 0.0765. The zero-order valence-electron chi connectivity index (χ0n) is 13.5. The van der Waals surface area contributed by atoms with Crippen molar-refractivity contribution in [1.82, 2.24) is 34.3 Å². The third-order valence-corrected chi connectivity index (χ3v) is 4.17. The van der Waals surface area contributed by atoms with Crippen LogP contribution in [0.3, 0.4) is 0 Å². The highest BCUT2D eigenvalue weighted by molar-refractivity contribution is 5.99. The van der Waals surface area contributed by atoms with Crippen molar-refractivity contribution in [2.24, 2.45) is 0 Å². The van der Waals surface area contributed by atoms with Crippen LogP contribution < -0.4 is 0 Å². The van der Waals surface area contributed by atoms with Crippen molar-refractivity contribution in [3.05, 3.63) is 41.9 Å². The molecule has 124 valence electrons. The van der Waals surface area contributed by atoms with E-state index in [9.17, 15) is 4.79 Å². The highest BCUT2D eigenvalue weighted by Crippen LogP contribution is 2.24. The van der Waals surface area contributed by atoms with E-state index in [1.807, 2.05) is 11.5 Å². The quantitative estimate of drug-likeness (QED) is 0.703. The molecule has 0 fully saturated rings.